The van der Waals surface area contributed by atoms with Crippen LogP contribution in [-0.4, -0.2) is 175 Å². The predicted molar refractivity (Wildman–Crippen MR) is 232 cm³/mol. The van der Waals surface area contributed by atoms with Crippen LogP contribution in [0.2, 0.25) is 0 Å². The van der Waals surface area contributed by atoms with Crippen molar-refractivity contribution in [3.05, 3.63) is 47.8 Å². The third-order valence-corrected chi connectivity index (χ3v) is 10.5. The molecule has 0 bridgehead atoms. The summed E-state index contributed by atoms with van der Waals surface area (Å²) in [6, 6.07) is 2.81. The van der Waals surface area contributed by atoms with E-state index in [1.54, 1.807) is 30.3 Å². The summed E-state index contributed by atoms with van der Waals surface area (Å²) >= 11 is 0. The van der Waals surface area contributed by atoms with Crippen molar-refractivity contribution in [3.63, 3.8) is 0 Å². The van der Waals surface area contributed by atoms with Crippen LogP contribution in [0, 0.1) is 0 Å². The number of nitrogens with two attached hydrogens (primary N) is 2. The van der Waals surface area contributed by atoms with Gasteiger partial charge in [0, 0.05) is 25.8 Å². The van der Waals surface area contributed by atoms with Crippen LogP contribution in [0.4, 0.5) is 9.18 Å². The predicted octanol–water partition coefficient (Wildman–Crippen LogP) is -5.33. The number of aryl methyl sites for hydroxylation is 1. The minimum Gasteiger partial charge on any atom is -0.481 e. The van der Waals surface area contributed by atoms with E-state index in [0.717, 1.165) is 5.01 Å². The number of amides is 8. The SMILES string of the molecule is NC(N)=NCCC[C@@H]1NC(=O)[C@H](CCCCNC(=O)C2O[C@H](CNC(=O)Cn3cc(CCC[18F])nn3)[C@@H](O)C(O)[C@@H]2O)NC(=O)N(Cc2ccccc2)NC(=O)[C@H](CC(=O)O)NC(=O)CNC1=O. The summed E-state index contributed by atoms with van der Waals surface area (Å²) in [7, 11) is 0. The van der Waals surface area contributed by atoms with E-state index >= 15 is 0 Å². The highest BCUT2D eigenvalue weighted by Gasteiger charge is 2.46. The number of carbonyl (C=O) groups is 8. The zero-order chi connectivity index (χ0) is 49.8. The molecule has 8 amide bonds. The lowest BCUT2D eigenvalue weighted by Crippen LogP contribution is -2.63. The molecule has 0 saturated carbocycles. The molecule has 4 rings (SSSR count). The minimum absolute atomic E-state index is 0.0498. The summed E-state index contributed by atoms with van der Waals surface area (Å²) in [6.45, 7) is -2.27. The molecule has 2 aliphatic heterocycles. The molecule has 0 radical (unpaired) electrons. The highest BCUT2D eigenvalue weighted by atomic mass is 18.2. The topological polar surface area (TPSA) is 409 Å². The van der Waals surface area contributed by atoms with Crippen molar-refractivity contribution in [2.24, 2.45) is 16.5 Å². The summed E-state index contributed by atoms with van der Waals surface area (Å²) in [5, 5.41) is 64.5. The second-order valence-electron chi connectivity index (χ2n) is 15.9. The van der Waals surface area contributed by atoms with E-state index < -0.39 is 116 Å². The Kier molecular flexibility index (Phi) is 21.2. The first-order valence-corrected chi connectivity index (χ1v) is 21.7. The van der Waals surface area contributed by atoms with Crippen LogP contribution >= 0.6 is 0 Å². The largest absolute Gasteiger partial charge is 0.481 e. The Morgan fingerprint density at radius 3 is 2.29 bits per heavy atom. The highest BCUT2D eigenvalue weighted by Crippen LogP contribution is 2.21. The summed E-state index contributed by atoms with van der Waals surface area (Å²) < 4.78 is 19.3. The number of alkyl halides is 1. The Morgan fingerprint density at radius 2 is 1.59 bits per heavy atom. The molecule has 1 aromatic carbocycles. The summed E-state index contributed by atoms with van der Waals surface area (Å²) in [4.78, 5) is 109. The first-order chi connectivity index (χ1) is 32.4. The fraction of sp³-hybridized carbons (Fsp3) is 0.575. The zero-order valence-corrected chi connectivity index (χ0v) is 36.9. The number of benzene rings is 1. The van der Waals surface area contributed by atoms with Crippen molar-refractivity contribution >= 4 is 53.4 Å². The number of guanidine groups is 1. The van der Waals surface area contributed by atoms with E-state index in [4.69, 9.17) is 16.2 Å². The number of urea groups is 1. The number of carboxylic acids is 1. The van der Waals surface area contributed by atoms with E-state index in [9.17, 15) is 63.2 Å². The molecule has 15 N–H and O–H groups in total. The molecule has 0 spiro atoms. The number of aliphatic hydroxyl groups is 3. The number of nitrogens with one attached hydrogen (secondary N) is 7. The molecular weight excluding hydrogens is 903 g/mol. The zero-order valence-electron chi connectivity index (χ0n) is 36.9. The summed E-state index contributed by atoms with van der Waals surface area (Å²) in [5.74, 6) is -6.92. The highest BCUT2D eigenvalue weighted by molar-refractivity contribution is 5.96. The first-order valence-electron chi connectivity index (χ1n) is 21.7. The Balaban J connectivity index is 1.45. The van der Waals surface area contributed by atoms with Crippen molar-refractivity contribution in [2.45, 2.75) is 113 Å². The molecule has 2 aliphatic rings. The Bertz CT molecular complexity index is 2080. The Labute approximate surface area is 388 Å². The van der Waals surface area contributed by atoms with E-state index in [-0.39, 0.29) is 77.2 Å². The number of carboxylic acid groups (broad SMARTS) is 1. The van der Waals surface area contributed by atoms with Crippen LogP contribution < -0.4 is 48.8 Å². The minimum atomic E-state index is -1.87. The number of nitrogens with zero attached hydrogens (tertiary/aromatic N) is 5. The summed E-state index contributed by atoms with van der Waals surface area (Å²) in [6.07, 6.45) is -7.10. The average molecular weight is 962 g/mol. The number of unbranched alkanes of at least 4 members (excludes halogenated alkanes) is 1. The van der Waals surface area contributed by atoms with Gasteiger partial charge in [-0.15, -0.1) is 5.10 Å². The molecule has 374 valence electrons. The lowest BCUT2D eigenvalue weighted by atomic mass is 9.94. The molecule has 8 atom stereocenters. The van der Waals surface area contributed by atoms with Crippen LogP contribution in [0.15, 0.2) is 41.5 Å². The molecule has 2 fully saturated rings. The van der Waals surface area contributed by atoms with Crippen LogP contribution in [0.3, 0.4) is 0 Å². The quantitative estimate of drug-likeness (QED) is 0.0316. The molecule has 3 heterocycles. The van der Waals surface area contributed by atoms with E-state index in [1.165, 1.54) is 10.9 Å². The van der Waals surface area contributed by atoms with Crippen molar-refractivity contribution in [1.29, 1.82) is 0 Å². The second-order valence-corrected chi connectivity index (χ2v) is 15.9. The van der Waals surface area contributed by atoms with Gasteiger partial charge in [-0.3, -0.25) is 48.4 Å². The van der Waals surface area contributed by atoms with Gasteiger partial charge in [0.15, 0.2) is 12.1 Å². The Morgan fingerprint density at radius 1 is 0.868 bits per heavy atom. The van der Waals surface area contributed by atoms with Gasteiger partial charge in [-0.05, 0) is 50.5 Å². The van der Waals surface area contributed by atoms with Gasteiger partial charge in [0.25, 0.3) is 11.8 Å². The normalized spacial score (nSPS) is 23.9. The number of rotatable bonds is 21. The fourth-order valence-electron chi connectivity index (χ4n) is 6.92. The average Bonchev–Trinajstić information content (AvgIpc) is 3.75. The number of halogens is 1. The van der Waals surface area contributed by atoms with Crippen LogP contribution in [0.25, 0.3) is 0 Å². The van der Waals surface area contributed by atoms with E-state index in [0.29, 0.717) is 17.7 Å². The first kappa shape index (κ1) is 53.6. The Hall–Kier alpha value is -7.04. The van der Waals surface area contributed by atoms with Crippen molar-refractivity contribution in [1.82, 2.24) is 57.3 Å². The number of hydrogen-bond donors (Lipinski definition) is 13. The smallest absolute Gasteiger partial charge is 0.337 e. The molecular formula is C40H59FN14O13. The number of aromatic nitrogens is 3. The maximum Gasteiger partial charge on any atom is 0.337 e. The third kappa shape index (κ3) is 17.3. The second kappa shape index (κ2) is 26.9. The maximum atomic E-state index is 14.0. The van der Waals surface area contributed by atoms with Gasteiger partial charge in [0.2, 0.25) is 23.6 Å². The molecule has 2 unspecified atom stereocenters. The standard InChI is InChI=1S/C40H59FN14O13/c41-13-6-10-23-20-54(53-51-23)21-29(57)46-17-27-31(60)32(61)33(62)34(68-27)38(66)44-14-5-4-11-25-36(64)49-24(12-7-15-45-39(42)43)35(63)47-18-28(56)48-26(16-30(58)59)37(65)52-55(40(67)50-25)19-22-8-2-1-3-9-22/h1-3,8-9,20,24-27,31-34,60-62H,4-7,10-19,21H2,(H,44,66)(H,46,57)(H,47,63)(H,48,56)(H,49,64)(H,50,67)(H,52,65)(H,58,59)(H4,42,43,45)/t24-,25-,26-,27+,31+,32?,33-,34?/m0/s1/i41-1. The number of hydrogen-bond acceptors (Lipinski definition) is 15. The molecule has 0 aliphatic carbocycles. The van der Waals surface area contributed by atoms with Gasteiger partial charge >= 0.3 is 12.0 Å². The fourth-order valence-corrected chi connectivity index (χ4v) is 6.92. The van der Waals surface area contributed by atoms with E-state index in [2.05, 4.69) is 52.6 Å². The van der Waals surface area contributed by atoms with Crippen molar-refractivity contribution in [2.75, 3.05) is 32.9 Å². The van der Waals surface area contributed by atoms with Gasteiger partial charge in [0.1, 0.15) is 49.1 Å². The van der Waals surface area contributed by atoms with Gasteiger partial charge < -0.3 is 68.5 Å². The number of aliphatic hydroxyl groups excluding tert-OH is 3. The van der Waals surface area contributed by atoms with Crippen molar-refractivity contribution < 1.29 is 67.9 Å². The number of ether oxygens (including phenoxy) is 1. The van der Waals surface area contributed by atoms with Gasteiger partial charge in [-0.1, -0.05) is 35.5 Å². The van der Waals surface area contributed by atoms with Crippen LogP contribution in [-0.2, 0) is 57.8 Å². The number of hydrazine groups is 1. The molecule has 28 heteroatoms. The molecule has 68 heavy (non-hydrogen) atoms. The monoisotopic (exact) mass is 961 g/mol. The molecule has 2 saturated heterocycles. The lowest BCUT2D eigenvalue weighted by Gasteiger charge is -2.40. The van der Waals surface area contributed by atoms with Crippen LogP contribution in [0.5, 0.6) is 0 Å². The van der Waals surface area contributed by atoms with Gasteiger partial charge in [-0.25, -0.2) is 14.5 Å². The number of aliphatic carboxylic acids is 1. The summed E-state index contributed by atoms with van der Waals surface area (Å²) in [5.41, 5.74) is 14.1. The van der Waals surface area contributed by atoms with Crippen LogP contribution in [0.1, 0.15) is 56.2 Å². The molecule has 2 aromatic rings. The molecule has 27 nitrogen and oxygen atoms in total. The number of carbonyl (C=O) groups excluding carboxylic acids is 7. The van der Waals surface area contributed by atoms with Crippen molar-refractivity contribution in [3.8, 4) is 0 Å². The maximum absolute atomic E-state index is 14.0. The van der Waals surface area contributed by atoms with Gasteiger partial charge in [-0.2, -0.15) is 0 Å². The molecule has 1 aromatic heterocycles. The third-order valence-electron chi connectivity index (χ3n) is 10.5. The van der Waals surface area contributed by atoms with E-state index in [1.807, 2.05) is 0 Å². The number of aliphatic imine (C=N–C) groups is 1. The van der Waals surface area contributed by atoms with Gasteiger partial charge in [0.05, 0.1) is 31.9 Å². The lowest BCUT2D eigenvalue weighted by molar-refractivity contribution is -0.219.